The lowest BCUT2D eigenvalue weighted by molar-refractivity contribution is -0.152. The molecule has 4 heteroatoms. The number of rotatable bonds is 6. The fraction of sp³-hybridized carbons (Fsp3) is 0.550. The Morgan fingerprint density at radius 2 is 1.96 bits per heavy atom. The quantitative estimate of drug-likeness (QED) is 0.479. The maximum atomic E-state index is 11.9. The second-order valence-electron chi connectivity index (χ2n) is 6.15. The molecule has 130 valence electrons. The molecule has 1 fully saturated rings. The Kier molecular flexibility index (Phi) is 7.81. The zero-order chi connectivity index (χ0) is 17.2. The summed E-state index contributed by atoms with van der Waals surface area (Å²) in [5.74, 6) is 5.55. The van der Waals surface area contributed by atoms with E-state index in [1.807, 2.05) is 31.2 Å². The Balaban J connectivity index is 1.83. The highest BCUT2D eigenvalue weighted by Gasteiger charge is 2.20. The number of carbonyl (C=O) groups excluding carboxylic acids is 1. The van der Waals surface area contributed by atoms with Crippen LogP contribution in [-0.2, 0) is 9.53 Å². The zero-order valence-electron chi connectivity index (χ0n) is 14.4. The van der Waals surface area contributed by atoms with Crippen LogP contribution in [0.2, 0.25) is 0 Å². The maximum Gasteiger partial charge on any atom is 0.340 e. The SMILES string of the molecule is CCNCC#CCOC(=O)[C@@H](O)c1ccc(C2CCCCC2)cc1. The highest BCUT2D eigenvalue weighted by atomic mass is 16.5. The van der Waals surface area contributed by atoms with Crippen molar-refractivity contribution in [3.8, 4) is 11.8 Å². The Hall–Kier alpha value is -1.83. The van der Waals surface area contributed by atoms with E-state index >= 15 is 0 Å². The minimum absolute atomic E-state index is 0.00143. The summed E-state index contributed by atoms with van der Waals surface area (Å²) in [6.45, 7) is 3.42. The van der Waals surface area contributed by atoms with E-state index in [1.165, 1.54) is 37.7 Å². The van der Waals surface area contributed by atoms with Crippen molar-refractivity contribution >= 4 is 5.97 Å². The molecule has 0 unspecified atom stereocenters. The van der Waals surface area contributed by atoms with E-state index in [1.54, 1.807) is 0 Å². The lowest BCUT2D eigenvalue weighted by Crippen LogP contribution is -2.16. The molecule has 1 aromatic carbocycles. The van der Waals surface area contributed by atoms with E-state index < -0.39 is 12.1 Å². The highest BCUT2D eigenvalue weighted by molar-refractivity contribution is 5.76. The Morgan fingerprint density at radius 1 is 1.25 bits per heavy atom. The second-order valence-corrected chi connectivity index (χ2v) is 6.15. The standard InChI is InChI=1S/C20H27NO3/c1-2-21-14-6-7-15-24-20(23)19(22)18-12-10-17(11-13-18)16-8-4-3-5-9-16/h10-13,16,19,21-22H,2-5,8-9,14-15H2,1H3/t19-/m0/s1. The molecular formula is C20H27NO3. The van der Waals surface area contributed by atoms with Crippen molar-refractivity contribution in [3.05, 3.63) is 35.4 Å². The number of esters is 1. The van der Waals surface area contributed by atoms with Gasteiger partial charge in [0.25, 0.3) is 0 Å². The lowest BCUT2D eigenvalue weighted by atomic mass is 9.84. The molecule has 24 heavy (non-hydrogen) atoms. The first-order chi connectivity index (χ1) is 11.7. The minimum Gasteiger partial charge on any atom is -0.450 e. The Labute approximate surface area is 144 Å². The predicted molar refractivity (Wildman–Crippen MR) is 94.5 cm³/mol. The number of carbonyl (C=O) groups is 1. The zero-order valence-corrected chi connectivity index (χ0v) is 14.4. The topological polar surface area (TPSA) is 58.6 Å². The number of aliphatic hydroxyl groups is 1. The first-order valence-corrected chi connectivity index (χ1v) is 8.83. The van der Waals surface area contributed by atoms with Gasteiger partial charge in [0.2, 0.25) is 0 Å². The smallest absolute Gasteiger partial charge is 0.340 e. The van der Waals surface area contributed by atoms with Crippen LogP contribution in [0.25, 0.3) is 0 Å². The summed E-state index contributed by atoms with van der Waals surface area (Å²) in [5, 5.41) is 13.1. The largest absolute Gasteiger partial charge is 0.450 e. The van der Waals surface area contributed by atoms with Crippen LogP contribution in [0.15, 0.2) is 24.3 Å². The van der Waals surface area contributed by atoms with Crippen molar-refractivity contribution in [2.45, 2.75) is 51.0 Å². The third kappa shape index (κ3) is 5.67. The summed E-state index contributed by atoms with van der Waals surface area (Å²) in [6.07, 6.45) is 5.12. The van der Waals surface area contributed by atoms with Crippen molar-refractivity contribution in [2.75, 3.05) is 19.7 Å². The van der Waals surface area contributed by atoms with Crippen molar-refractivity contribution in [1.29, 1.82) is 0 Å². The van der Waals surface area contributed by atoms with Gasteiger partial charge in [-0.05, 0) is 36.4 Å². The molecule has 0 amide bonds. The molecule has 4 nitrogen and oxygen atoms in total. The van der Waals surface area contributed by atoms with Gasteiger partial charge in [0.15, 0.2) is 12.7 Å². The molecule has 1 aliphatic rings. The van der Waals surface area contributed by atoms with Gasteiger partial charge in [0.1, 0.15) is 0 Å². The summed E-state index contributed by atoms with van der Waals surface area (Å²) >= 11 is 0. The molecule has 0 aliphatic heterocycles. The van der Waals surface area contributed by atoms with Crippen LogP contribution in [0, 0.1) is 11.8 Å². The highest BCUT2D eigenvalue weighted by Crippen LogP contribution is 2.33. The van der Waals surface area contributed by atoms with Crippen molar-refractivity contribution in [1.82, 2.24) is 5.32 Å². The Bertz CT molecular complexity index is 565. The number of nitrogens with one attached hydrogen (secondary N) is 1. The van der Waals surface area contributed by atoms with Crippen LogP contribution in [0.4, 0.5) is 0 Å². The lowest BCUT2D eigenvalue weighted by Gasteiger charge is -2.22. The average Bonchev–Trinajstić information content (AvgIpc) is 2.64. The normalized spacial score (nSPS) is 16.1. The molecule has 2 N–H and O–H groups in total. The summed E-state index contributed by atoms with van der Waals surface area (Å²) in [7, 11) is 0. The summed E-state index contributed by atoms with van der Waals surface area (Å²) in [5.41, 5.74) is 1.87. The molecule has 0 heterocycles. The van der Waals surface area contributed by atoms with Gasteiger partial charge >= 0.3 is 5.97 Å². The molecular weight excluding hydrogens is 302 g/mol. The van der Waals surface area contributed by atoms with Gasteiger partial charge in [-0.15, -0.1) is 0 Å². The van der Waals surface area contributed by atoms with Crippen LogP contribution >= 0.6 is 0 Å². The van der Waals surface area contributed by atoms with E-state index in [2.05, 4.69) is 17.2 Å². The second kappa shape index (κ2) is 10.1. The molecule has 0 bridgehead atoms. The van der Waals surface area contributed by atoms with Crippen LogP contribution in [0.5, 0.6) is 0 Å². The van der Waals surface area contributed by atoms with Crippen LogP contribution < -0.4 is 5.32 Å². The molecule has 1 aliphatic carbocycles. The number of benzene rings is 1. The maximum absolute atomic E-state index is 11.9. The number of hydrogen-bond acceptors (Lipinski definition) is 4. The first-order valence-electron chi connectivity index (χ1n) is 8.83. The van der Waals surface area contributed by atoms with E-state index in [0.29, 0.717) is 18.0 Å². The molecule has 0 radical (unpaired) electrons. The van der Waals surface area contributed by atoms with E-state index in [-0.39, 0.29) is 6.61 Å². The van der Waals surface area contributed by atoms with Gasteiger partial charge in [-0.2, -0.15) is 0 Å². The van der Waals surface area contributed by atoms with Crippen molar-refractivity contribution in [3.63, 3.8) is 0 Å². The van der Waals surface area contributed by atoms with E-state index in [0.717, 1.165) is 6.54 Å². The predicted octanol–water partition coefficient (Wildman–Crippen LogP) is 2.92. The van der Waals surface area contributed by atoms with Crippen molar-refractivity contribution in [2.24, 2.45) is 0 Å². The van der Waals surface area contributed by atoms with Crippen LogP contribution in [0.1, 0.15) is 62.2 Å². The molecule has 0 saturated heterocycles. The van der Waals surface area contributed by atoms with Gasteiger partial charge in [0, 0.05) is 0 Å². The van der Waals surface area contributed by atoms with Gasteiger partial charge < -0.3 is 15.2 Å². The van der Waals surface area contributed by atoms with Crippen molar-refractivity contribution < 1.29 is 14.6 Å². The molecule has 2 rings (SSSR count). The van der Waals surface area contributed by atoms with Gasteiger partial charge in [-0.25, -0.2) is 4.79 Å². The fourth-order valence-corrected chi connectivity index (χ4v) is 3.01. The van der Waals surface area contributed by atoms with Gasteiger partial charge in [-0.1, -0.05) is 62.3 Å². The number of ether oxygens (including phenoxy) is 1. The van der Waals surface area contributed by atoms with E-state index in [9.17, 15) is 9.90 Å². The number of hydrogen-bond donors (Lipinski definition) is 2. The van der Waals surface area contributed by atoms with Crippen LogP contribution in [-0.4, -0.2) is 30.8 Å². The fourth-order valence-electron chi connectivity index (χ4n) is 3.01. The molecule has 1 aromatic rings. The minimum atomic E-state index is -1.25. The molecule has 0 spiro atoms. The first kappa shape index (κ1) is 18.5. The molecule has 1 atom stereocenters. The third-order valence-electron chi connectivity index (χ3n) is 4.43. The van der Waals surface area contributed by atoms with Crippen LogP contribution in [0.3, 0.4) is 0 Å². The number of aliphatic hydroxyl groups excluding tert-OH is 1. The average molecular weight is 329 g/mol. The van der Waals surface area contributed by atoms with E-state index in [4.69, 9.17) is 4.74 Å². The third-order valence-corrected chi connectivity index (χ3v) is 4.43. The van der Waals surface area contributed by atoms with Gasteiger partial charge in [-0.3, -0.25) is 0 Å². The summed E-state index contributed by atoms with van der Waals surface area (Å²) in [4.78, 5) is 11.9. The van der Waals surface area contributed by atoms with Gasteiger partial charge in [0.05, 0.1) is 6.54 Å². The molecule has 0 aromatic heterocycles. The Morgan fingerprint density at radius 3 is 2.62 bits per heavy atom. The summed E-state index contributed by atoms with van der Waals surface area (Å²) in [6, 6.07) is 7.70. The monoisotopic (exact) mass is 329 g/mol. The summed E-state index contributed by atoms with van der Waals surface area (Å²) < 4.78 is 4.99. The molecule has 1 saturated carbocycles.